The van der Waals surface area contributed by atoms with Crippen LogP contribution in [0.4, 0.5) is 0 Å². The smallest absolute Gasteiger partial charge is 0.274 e. The summed E-state index contributed by atoms with van der Waals surface area (Å²) in [5.74, 6) is 0.801. The monoisotopic (exact) mass is 273 g/mol. The van der Waals surface area contributed by atoms with E-state index in [9.17, 15) is 4.79 Å². The summed E-state index contributed by atoms with van der Waals surface area (Å²) < 4.78 is 0. The lowest BCUT2D eigenvalue weighted by Gasteiger charge is -2.26. The van der Waals surface area contributed by atoms with Gasteiger partial charge in [0.05, 0.1) is 12.4 Å². The van der Waals surface area contributed by atoms with Gasteiger partial charge in [-0.3, -0.25) is 4.79 Å². The van der Waals surface area contributed by atoms with Crippen LogP contribution in [0, 0.1) is 0 Å². The largest absolute Gasteiger partial charge is 0.337 e. The lowest BCUT2D eigenvalue weighted by atomic mass is 10.2. The summed E-state index contributed by atoms with van der Waals surface area (Å²) in [6.45, 7) is 2.07. The highest BCUT2D eigenvalue weighted by atomic mass is 35.5. The molecule has 0 aliphatic carbocycles. The molecule has 94 valence electrons. The molecule has 0 N–H and O–H groups in total. The van der Waals surface area contributed by atoms with E-state index < -0.39 is 0 Å². The van der Waals surface area contributed by atoms with Crippen LogP contribution < -0.4 is 0 Å². The molecule has 0 aromatic carbocycles. The van der Waals surface area contributed by atoms with Crippen molar-refractivity contribution in [1.82, 2.24) is 14.9 Å². The molecule has 0 aliphatic heterocycles. The third kappa shape index (κ3) is 3.85. The van der Waals surface area contributed by atoms with Crippen LogP contribution in [0.5, 0.6) is 0 Å². The predicted octanol–water partition coefficient (Wildman–Crippen LogP) is 2.34. The van der Waals surface area contributed by atoms with Gasteiger partial charge in [-0.2, -0.15) is 11.8 Å². The molecule has 0 saturated heterocycles. The molecule has 1 rings (SSSR count). The average molecular weight is 274 g/mol. The summed E-state index contributed by atoms with van der Waals surface area (Å²) in [7, 11) is 1.79. The lowest BCUT2D eigenvalue weighted by Crippen LogP contribution is -2.38. The van der Waals surface area contributed by atoms with E-state index >= 15 is 0 Å². The standard InChI is InChI=1S/C11H16ClN3OS/c1-4-8(7-17-3)15(2)11(16)9-5-14-10(12)6-13-9/h5-6,8H,4,7H2,1-3H3. The third-order valence-corrected chi connectivity index (χ3v) is 3.45. The molecule has 4 nitrogen and oxygen atoms in total. The van der Waals surface area contributed by atoms with Crippen molar-refractivity contribution >= 4 is 29.3 Å². The number of hydrogen-bond acceptors (Lipinski definition) is 4. The van der Waals surface area contributed by atoms with Gasteiger partial charge in [-0.05, 0) is 12.7 Å². The Balaban J connectivity index is 2.77. The van der Waals surface area contributed by atoms with Gasteiger partial charge in [0, 0.05) is 18.8 Å². The number of nitrogens with zero attached hydrogens (tertiary/aromatic N) is 3. The minimum absolute atomic E-state index is 0.116. The summed E-state index contributed by atoms with van der Waals surface area (Å²) in [6.07, 6.45) is 5.75. The minimum atomic E-state index is -0.116. The third-order valence-electron chi connectivity index (χ3n) is 2.54. The van der Waals surface area contributed by atoms with E-state index in [0.717, 1.165) is 12.2 Å². The van der Waals surface area contributed by atoms with Crippen molar-refractivity contribution in [2.45, 2.75) is 19.4 Å². The van der Waals surface area contributed by atoms with Crippen LogP contribution in [-0.4, -0.2) is 45.9 Å². The van der Waals surface area contributed by atoms with Crippen LogP contribution in [0.1, 0.15) is 23.8 Å². The van der Waals surface area contributed by atoms with Crippen LogP contribution in [-0.2, 0) is 0 Å². The lowest BCUT2D eigenvalue weighted by molar-refractivity contribution is 0.0737. The Kier molecular flexibility index (Phi) is 5.71. The number of halogens is 1. The Morgan fingerprint density at radius 2 is 2.24 bits per heavy atom. The van der Waals surface area contributed by atoms with Crippen LogP contribution in [0.3, 0.4) is 0 Å². The van der Waals surface area contributed by atoms with Crippen LogP contribution in [0.15, 0.2) is 12.4 Å². The highest BCUT2D eigenvalue weighted by molar-refractivity contribution is 7.98. The molecule has 1 atom stereocenters. The Hall–Kier alpha value is -0.810. The summed E-state index contributed by atoms with van der Waals surface area (Å²) in [5.41, 5.74) is 0.330. The molecule has 0 radical (unpaired) electrons. The molecule has 0 spiro atoms. The fourth-order valence-electron chi connectivity index (χ4n) is 1.47. The van der Waals surface area contributed by atoms with Crippen molar-refractivity contribution in [3.8, 4) is 0 Å². The summed E-state index contributed by atoms with van der Waals surface area (Å²) >= 11 is 7.36. The molecule has 0 bridgehead atoms. The van der Waals surface area contributed by atoms with Gasteiger partial charge in [0.25, 0.3) is 5.91 Å². The molecule has 0 fully saturated rings. The van der Waals surface area contributed by atoms with E-state index in [0.29, 0.717) is 10.8 Å². The molecule has 0 aliphatic rings. The summed E-state index contributed by atoms with van der Waals surface area (Å²) in [4.78, 5) is 21.7. The SMILES string of the molecule is CCC(CSC)N(C)C(=O)c1cnc(Cl)cn1. The molecule has 1 aromatic rings. The molecule has 1 amide bonds. The fraction of sp³-hybridized carbons (Fsp3) is 0.545. The van der Waals surface area contributed by atoms with Crippen molar-refractivity contribution in [3.63, 3.8) is 0 Å². The second-order valence-corrected chi connectivity index (χ2v) is 4.96. The van der Waals surface area contributed by atoms with Gasteiger partial charge >= 0.3 is 0 Å². The van der Waals surface area contributed by atoms with E-state index in [1.807, 2.05) is 6.26 Å². The van der Waals surface area contributed by atoms with E-state index in [2.05, 4.69) is 16.9 Å². The van der Waals surface area contributed by atoms with Crippen molar-refractivity contribution < 1.29 is 4.79 Å². The number of rotatable bonds is 5. The van der Waals surface area contributed by atoms with Gasteiger partial charge in [0.1, 0.15) is 10.8 Å². The average Bonchev–Trinajstić information content (AvgIpc) is 2.35. The zero-order chi connectivity index (χ0) is 12.8. The van der Waals surface area contributed by atoms with Gasteiger partial charge in [-0.25, -0.2) is 9.97 Å². The van der Waals surface area contributed by atoms with Gasteiger partial charge < -0.3 is 4.90 Å². The van der Waals surface area contributed by atoms with Crippen molar-refractivity contribution in [2.24, 2.45) is 0 Å². The van der Waals surface area contributed by atoms with Gasteiger partial charge in [-0.1, -0.05) is 18.5 Å². The van der Waals surface area contributed by atoms with Crippen LogP contribution in [0.25, 0.3) is 0 Å². The maximum absolute atomic E-state index is 12.1. The topological polar surface area (TPSA) is 46.1 Å². The summed E-state index contributed by atoms with van der Waals surface area (Å²) in [6, 6.07) is 0.218. The van der Waals surface area contributed by atoms with Crippen molar-refractivity contribution in [3.05, 3.63) is 23.2 Å². The summed E-state index contributed by atoms with van der Waals surface area (Å²) in [5, 5.41) is 0.292. The molecule has 6 heteroatoms. The molecule has 1 aromatic heterocycles. The Labute approximate surface area is 111 Å². The number of amides is 1. The quantitative estimate of drug-likeness (QED) is 0.826. The van der Waals surface area contributed by atoms with Gasteiger partial charge in [0.2, 0.25) is 0 Å². The maximum Gasteiger partial charge on any atom is 0.274 e. The van der Waals surface area contributed by atoms with Crippen molar-refractivity contribution in [2.75, 3.05) is 19.1 Å². The number of thioether (sulfide) groups is 1. The van der Waals surface area contributed by atoms with Gasteiger partial charge in [-0.15, -0.1) is 0 Å². The maximum atomic E-state index is 12.1. The van der Waals surface area contributed by atoms with Gasteiger partial charge in [0.15, 0.2) is 0 Å². The van der Waals surface area contributed by atoms with E-state index in [-0.39, 0.29) is 11.9 Å². The van der Waals surface area contributed by atoms with E-state index in [1.165, 1.54) is 12.4 Å². The molecule has 1 unspecified atom stereocenters. The first kappa shape index (κ1) is 14.3. The first-order chi connectivity index (χ1) is 8.10. The number of aromatic nitrogens is 2. The first-order valence-corrected chi connectivity index (χ1v) is 7.11. The molecule has 17 heavy (non-hydrogen) atoms. The minimum Gasteiger partial charge on any atom is -0.337 e. The molecular weight excluding hydrogens is 258 g/mol. The highest BCUT2D eigenvalue weighted by Gasteiger charge is 2.20. The predicted molar refractivity (Wildman–Crippen MR) is 71.6 cm³/mol. The highest BCUT2D eigenvalue weighted by Crippen LogP contribution is 2.11. The zero-order valence-corrected chi connectivity index (χ0v) is 11.8. The van der Waals surface area contributed by atoms with E-state index in [1.54, 1.807) is 23.7 Å². The Morgan fingerprint density at radius 1 is 1.53 bits per heavy atom. The first-order valence-electron chi connectivity index (χ1n) is 5.33. The molecular formula is C11H16ClN3OS. The Bertz CT molecular complexity index is 371. The normalized spacial score (nSPS) is 12.2. The number of hydrogen-bond donors (Lipinski definition) is 0. The molecule has 1 heterocycles. The number of carbonyl (C=O) groups excluding carboxylic acids is 1. The number of carbonyl (C=O) groups is 1. The van der Waals surface area contributed by atoms with Crippen LogP contribution >= 0.6 is 23.4 Å². The van der Waals surface area contributed by atoms with Crippen LogP contribution in [0.2, 0.25) is 5.15 Å². The second kappa shape index (κ2) is 6.81. The molecule has 0 saturated carbocycles. The van der Waals surface area contributed by atoms with Crippen molar-refractivity contribution in [1.29, 1.82) is 0 Å². The second-order valence-electron chi connectivity index (χ2n) is 3.66. The Morgan fingerprint density at radius 3 is 2.71 bits per heavy atom. The zero-order valence-electron chi connectivity index (χ0n) is 10.2. The van der Waals surface area contributed by atoms with E-state index in [4.69, 9.17) is 11.6 Å². The fourth-order valence-corrected chi connectivity index (χ4v) is 2.41.